The van der Waals surface area contributed by atoms with Crippen LogP contribution in [0.2, 0.25) is 0 Å². The van der Waals surface area contributed by atoms with Gasteiger partial charge in [-0.1, -0.05) is 30.3 Å². The van der Waals surface area contributed by atoms with Crippen LogP contribution in [0.5, 0.6) is 0 Å². The third-order valence-electron chi connectivity index (χ3n) is 3.94. The third-order valence-corrected chi connectivity index (χ3v) is 3.94. The summed E-state index contributed by atoms with van der Waals surface area (Å²) in [6.07, 6.45) is 0.280. The molecule has 1 N–H and O–H groups in total. The first-order chi connectivity index (χ1) is 10.4. The van der Waals surface area contributed by atoms with E-state index in [4.69, 9.17) is 0 Å². The first kappa shape index (κ1) is 15.8. The van der Waals surface area contributed by atoms with E-state index in [1.54, 1.807) is 17.7 Å². The summed E-state index contributed by atoms with van der Waals surface area (Å²) in [4.78, 5) is 25.4. The molecular formula is C17H20N2O3. The van der Waals surface area contributed by atoms with Gasteiger partial charge in [-0.05, 0) is 24.6 Å². The number of aliphatic carboxylic acids is 1. The zero-order chi connectivity index (χ0) is 16.3. The smallest absolute Gasteiger partial charge is 0.326 e. The Morgan fingerprint density at radius 1 is 1.18 bits per heavy atom. The Balaban J connectivity index is 2.23. The normalized spacial score (nSPS) is 12.0. The highest BCUT2D eigenvalue weighted by atomic mass is 16.4. The van der Waals surface area contributed by atoms with Crippen molar-refractivity contribution in [2.45, 2.75) is 19.4 Å². The summed E-state index contributed by atoms with van der Waals surface area (Å²) >= 11 is 0. The molecule has 0 aliphatic carbocycles. The molecule has 2 rings (SSSR count). The van der Waals surface area contributed by atoms with Crippen LogP contribution in [0, 0.1) is 6.92 Å². The average molecular weight is 300 g/mol. The van der Waals surface area contributed by atoms with Gasteiger partial charge < -0.3 is 14.6 Å². The van der Waals surface area contributed by atoms with E-state index in [1.807, 2.05) is 43.3 Å². The highest BCUT2D eigenvalue weighted by molar-refractivity contribution is 5.95. The Bertz CT molecular complexity index is 676. The summed E-state index contributed by atoms with van der Waals surface area (Å²) in [5.41, 5.74) is 2.32. The molecule has 1 aromatic carbocycles. The number of hydrogen-bond acceptors (Lipinski definition) is 2. The van der Waals surface area contributed by atoms with Gasteiger partial charge in [0.15, 0.2) is 0 Å². The predicted molar refractivity (Wildman–Crippen MR) is 83.8 cm³/mol. The van der Waals surface area contributed by atoms with Gasteiger partial charge in [0.2, 0.25) is 0 Å². The van der Waals surface area contributed by atoms with E-state index in [0.717, 1.165) is 11.3 Å². The van der Waals surface area contributed by atoms with Crippen molar-refractivity contribution in [1.82, 2.24) is 9.47 Å². The van der Waals surface area contributed by atoms with Crippen molar-refractivity contribution in [3.63, 3.8) is 0 Å². The maximum atomic E-state index is 12.6. The Morgan fingerprint density at radius 3 is 2.32 bits per heavy atom. The molecule has 0 saturated carbocycles. The van der Waals surface area contributed by atoms with Crippen LogP contribution in [0.25, 0.3) is 0 Å². The Kier molecular flexibility index (Phi) is 4.65. The number of carbonyl (C=O) groups is 2. The van der Waals surface area contributed by atoms with Gasteiger partial charge in [-0.25, -0.2) is 4.79 Å². The monoisotopic (exact) mass is 300 g/mol. The summed E-state index contributed by atoms with van der Waals surface area (Å²) in [6, 6.07) is 12.0. The van der Waals surface area contributed by atoms with E-state index >= 15 is 0 Å². The zero-order valence-corrected chi connectivity index (χ0v) is 13.0. The lowest BCUT2D eigenvalue weighted by Gasteiger charge is -2.25. The van der Waals surface area contributed by atoms with Gasteiger partial charge in [-0.3, -0.25) is 4.79 Å². The molecule has 1 amide bonds. The molecule has 1 heterocycles. The molecule has 1 unspecified atom stereocenters. The first-order valence-corrected chi connectivity index (χ1v) is 7.08. The maximum absolute atomic E-state index is 12.6. The molecule has 0 saturated heterocycles. The fourth-order valence-corrected chi connectivity index (χ4v) is 2.38. The van der Waals surface area contributed by atoms with Crippen molar-refractivity contribution in [2.75, 3.05) is 7.05 Å². The van der Waals surface area contributed by atoms with Crippen LogP contribution >= 0.6 is 0 Å². The van der Waals surface area contributed by atoms with Crippen LogP contribution in [0.4, 0.5) is 0 Å². The molecule has 0 radical (unpaired) electrons. The van der Waals surface area contributed by atoms with Crippen LogP contribution in [0.1, 0.15) is 21.7 Å². The number of aryl methyl sites for hydroxylation is 1. The van der Waals surface area contributed by atoms with Crippen LogP contribution in [0.3, 0.4) is 0 Å². The van der Waals surface area contributed by atoms with Crippen molar-refractivity contribution in [3.05, 3.63) is 59.4 Å². The van der Waals surface area contributed by atoms with Crippen molar-refractivity contribution in [2.24, 2.45) is 7.05 Å². The summed E-state index contributed by atoms with van der Waals surface area (Å²) < 4.78 is 1.76. The van der Waals surface area contributed by atoms with E-state index in [9.17, 15) is 14.7 Å². The second-order valence-electron chi connectivity index (χ2n) is 5.38. The summed E-state index contributed by atoms with van der Waals surface area (Å²) in [7, 11) is 3.33. The summed E-state index contributed by atoms with van der Waals surface area (Å²) in [5, 5.41) is 9.47. The van der Waals surface area contributed by atoms with Gasteiger partial charge in [-0.2, -0.15) is 0 Å². The SMILES string of the molecule is Cc1ccc(C(=O)N(C)C(Cc2ccccc2)C(=O)O)n1C. The molecule has 1 aromatic heterocycles. The number of aromatic nitrogens is 1. The fourth-order valence-electron chi connectivity index (χ4n) is 2.38. The summed E-state index contributed by atoms with van der Waals surface area (Å²) in [5.74, 6) is -1.30. The topological polar surface area (TPSA) is 62.5 Å². The maximum Gasteiger partial charge on any atom is 0.326 e. The molecule has 5 heteroatoms. The second-order valence-corrected chi connectivity index (χ2v) is 5.38. The van der Waals surface area contributed by atoms with E-state index in [-0.39, 0.29) is 12.3 Å². The second kappa shape index (κ2) is 6.47. The van der Waals surface area contributed by atoms with Gasteiger partial charge in [0.25, 0.3) is 5.91 Å². The molecule has 1 atom stereocenters. The van der Waals surface area contributed by atoms with Crippen molar-refractivity contribution in [3.8, 4) is 0 Å². The van der Waals surface area contributed by atoms with Crippen LogP contribution in [-0.4, -0.2) is 39.5 Å². The minimum Gasteiger partial charge on any atom is -0.480 e. The fraction of sp³-hybridized carbons (Fsp3) is 0.294. The third kappa shape index (κ3) is 3.19. The predicted octanol–water partition coefficient (Wildman–Crippen LogP) is 2.10. The molecule has 5 nitrogen and oxygen atoms in total. The number of rotatable bonds is 5. The van der Waals surface area contributed by atoms with Gasteiger partial charge in [0.05, 0.1) is 0 Å². The molecule has 0 aliphatic heterocycles. The zero-order valence-electron chi connectivity index (χ0n) is 13.0. The highest BCUT2D eigenvalue weighted by Gasteiger charge is 2.28. The standard InChI is InChI=1S/C17H20N2O3/c1-12-9-10-14(18(12)2)16(20)19(3)15(17(21)22)11-13-7-5-4-6-8-13/h4-10,15H,11H2,1-3H3,(H,21,22). The van der Waals surface area contributed by atoms with Crippen molar-refractivity contribution in [1.29, 1.82) is 0 Å². The van der Waals surface area contributed by atoms with Crippen LogP contribution in [-0.2, 0) is 18.3 Å². The van der Waals surface area contributed by atoms with E-state index < -0.39 is 12.0 Å². The number of likely N-dealkylation sites (N-methyl/N-ethyl adjacent to an activating group) is 1. The summed E-state index contributed by atoms with van der Waals surface area (Å²) in [6.45, 7) is 1.90. The number of carboxylic acids is 1. The number of benzene rings is 1. The Morgan fingerprint density at radius 2 is 1.82 bits per heavy atom. The highest BCUT2D eigenvalue weighted by Crippen LogP contribution is 2.14. The van der Waals surface area contributed by atoms with E-state index in [0.29, 0.717) is 5.69 Å². The average Bonchev–Trinajstić information content (AvgIpc) is 2.84. The Labute approximate surface area is 129 Å². The van der Waals surface area contributed by atoms with Crippen LogP contribution in [0.15, 0.2) is 42.5 Å². The van der Waals surface area contributed by atoms with Gasteiger partial charge in [-0.15, -0.1) is 0 Å². The number of carbonyl (C=O) groups excluding carboxylic acids is 1. The van der Waals surface area contributed by atoms with Crippen LogP contribution < -0.4 is 0 Å². The quantitative estimate of drug-likeness (QED) is 0.920. The molecule has 0 fully saturated rings. The minimum atomic E-state index is -1.01. The number of amides is 1. The molecule has 0 spiro atoms. The lowest BCUT2D eigenvalue weighted by Crippen LogP contribution is -2.44. The van der Waals surface area contributed by atoms with Crippen molar-refractivity contribution < 1.29 is 14.7 Å². The number of hydrogen-bond donors (Lipinski definition) is 1. The molecule has 116 valence electrons. The van der Waals surface area contributed by atoms with E-state index in [1.165, 1.54) is 11.9 Å². The number of nitrogens with zero attached hydrogens (tertiary/aromatic N) is 2. The first-order valence-electron chi connectivity index (χ1n) is 7.08. The molecule has 0 bridgehead atoms. The molecule has 2 aromatic rings. The lowest BCUT2D eigenvalue weighted by molar-refractivity contribution is -0.141. The van der Waals surface area contributed by atoms with Crippen molar-refractivity contribution >= 4 is 11.9 Å². The largest absolute Gasteiger partial charge is 0.480 e. The van der Waals surface area contributed by atoms with Gasteiger partial charge in [0, 0.05) is 26.2 Å². The van der Waals surface area contributed by atoms with Gasteiger partial charge in [0.1, 0.15) is 11.7 Å². The lowest BCUT2D eigenvalue weighted by atomic mass is 10.0. The molecule has 0 aliphatic rings. The molecular weight excluding hydrogens is 280 g/mol. The van der Waals surface area contributed by atoms with Gasteiger partial charge >= 0.3 is 5.97 Å². The minimum absolute atomic E-state index is 0.280. The number of carboxylic acid groups (broad SMARTS) is 1. The Hall–Kier alpha value is -2.56. The molecule has 22 heavy (non-hydrogen) atoms. The van der Waals surface area contributed by atoms with E-state index in [2.05, 4.69) is 0 Å².